The zero-order chi connectivity index (χ0) is 17.4. The van der Waals surface area contributed by atoms with Gasteiger partial charge in [0, 0.05) is 34.2 Å². The van der Waals surface area contributed by atoms with Gasteiger partial charge in [0.1, 0.15) is 0 Å². The first-order valence-electron chi connectivity index (χ1n) is 7.79. The maximum Gasteiger partial charge on any atom is 0.281 e. The van der Waals surface area contributed by atoms with E-state index in [2.05, 4.69) is 0 Å². The molecular formula is C17H24ClNO2S2. The molecule has 2 unspecified atom stereocenters. The van der Waals surface area contributed by atoms with Gasteiger partial charge in [-0.05, 0) is 32.4 Å². The van der Waals surface area contributed by atoms with Crippen LogP contribution in [0.5, 0.6) is 0 Å². The van der Waals surface area contributed by atoms with Crippen LogP contribution in [-0.2, 0) is 0 Å². The fourth-order valence-electron chi connectivity index (χ4n) is 2.16. The van der Waals surface area contributed by atoms with Gasteiger partial charge in [-0.1, -0.05) is 61.1 Å². The van der Waals surface area contributed by atoms with Gasteiger partial charge in [-0.3, -0.25) is 9.59 Å². The van der Waals surface area contributed by atoms with Crippen molar-refractivity contribution < 1.29 is 9.59 Å². The molecule has 0 aliphatic heterocycles. The maximum absolute atomic E-state index is 12.2. The van der Waals surface area contributed by atoms with E-state index >= 15 is 0 Å². The molecule has 0 bridgehead atoms. The molecule has 0 heterocycles. The van der Waals surface area contributed by atoms with Crippen LogP contribution >= 0.6 is 35.1 Å². The highest BCUT2D eigenvalue weighted by Gasteiger charge is 2.19. The lowest BCUT2D eigenvalue weighted by Crippen LogP contribution is -2.28. The van der Waals surface area contributed by atoms with Crippen molar-refractivity contribution in [2.75, 3.05) is 13.1 Å². The highest BCUT2D eigenvalue weighted by Crippen LogP contribution is 2.27. The van der Waals surface area contributed by atoms with E-state index in [1.807, 2.05) is 32.6 Å². The van der Waals surface area contributed by atoms with Gasteiger partial charge in [0.25, 0.3) is 5.24 Å². The number of benzene rings is 1. The van der Waals surface area contributed by atoms with Gasteiger partial charge in [0.15, 0.2) is 0 Å². The highest BCUT2D eigenvalue weighted by molar-refractivity contribution is 8.15. The van der Waals surface area contributed by atoms with Crippen molar-refractivity contribution in [3.05, 3.63) is 34.9 Å². The zero-order valence-corrected chi connectivity index (χ0v) is 16.4. The van der Waals surface area contributed by atoms with Gasteiger partial charge < -0.3 is 4.90 Å². The van der Waals surface area contributed by atoms with Gasteiger partial charge in [-0.2, -0.15) is 0 Å². The summed E-state index contributed by atoms with van der Waals surface area (Å²) >= 11 is 8.57. The van der Waals surface area contributed by atoms with Gasteiger partial charge in [-0.25, -0.2) is 0 Å². The Labute approximate surface area is 152 Å². The molecule has 0 saturated heterocycles. The molecule has 2 atom stereocenters. The first kappa shape index (κ1) is 20.4. The van der Waals surface area contributed by atoms with E-state index in [9.17, 15) is 9.59 Å². The molecule has 6 heteroatoms. The summed E-state index contributed by atoms with van der Waals surface area (Å²) in [4.78, 5) is 26.1. The Morgan fingerprint density at radius 1 is 1.13 bits per heavy atom. The Morgan fingerprint density at radius 2 is 1.74 bits per heavy atom. The van der Waals surface area contributed by atoms with E-state index in [1.54, 1.807) is 24.3 Å². The minimum Gasteiger partial charge on any atom is -0.334 e. The monoisotopic (exact) mass is 373 g/mol. The van der Waals surface area contributed by atoms with Crippen molar-refractivity contribution in [2.45, 2.75) is 44.6 Å². The van der Waals surface area contributed by atoms with E-state index in [0.29, 0.717) is 10.6 Å². The van der Waals surface area contributed by atoms with Crippen molar-refractivity contribution in [3.63, 3.8) is 0 Å². The third-order valence-corrected chi connectivity index (χ3v) is 5.69. The van der Waals surface area contributed by atoms with Crippen LogP contribution < -0.4 is 0 Å². The van der Waals surface area contributed by atoms with Crippen molar-refractivity contribution in [1.29, 1.82) is 0 Å². The smallest absolute Gasteiger partial charge is 0.281 e. The molecular weight excluding hydrogens is 350 g/mol. The summed E-state index contributed by atoms with van der Waals surface area (Å²) < 4.78 is 0. The molecule has 0 saturated carbocycles. The zero-order valence-electron chi connectivity index (χ0n) is 14.0. The summed E-state index contributed by atoms with van der Waals surface area (Å²) in [6.07, 6.45) is 0.800. The van der Waals surface area contributed by atoms with Gasteiger partial charge in [0.2, 0.25) is 5.12 Å². The van der Waals surface area contributed by atoms with Crippen LogP contribution in [0, 0.1) is 0 Å². The summed E-state index contributed by atoms with van der Waals surface area (Å²) in [5.74, 6) is 0. The number of hydrogen-bond acceptors (Lipinski definition) is 4. The molecule has 0 fully saturated rings. The van der Waals surface area contributed by atoms with Crippen LogP contribution in [0.2, 0.25) is 5.02 Å². The predicted octanol–water partition coefficient (Wildman–Crippen LogP) is 5.58. The van der Waals surface area contributed by atoms with Gasteiger partial charge >= 0.3 is 0 Å². The molecule has 0 spiro atoms. The molecule has 1 rings (SSSR count). The molecule has 1 amide bonds. The van der Waals surface area contributed by atoms with Crippen molar-refractivity contribution in [3.8, 4) is 0 Å². The van der Waals surface area contributed by atoms with Crippen LogP contribution in [0.3, 0.4) is 0 Å². The Morgan fingerprint density at radius 3 is 2.30 bits per heavy atom. The molecule has 1 aromatic carbocycles. The summed E-state index contributed by atoms with van der Waals surface area (Å²) in [6.45, 7) is 9.47. The second-order valence-corrected chi connectivity index (χ2v) is 8.57. The van der Waals surface area contributed by atoms with Crippen molar-refractivity contribution in [1.82, 2.24) is 4.90 Å². The molecule has 128 valence electrons. The number of hydrogen-bond donors (Lipinski definition) is 0. The number of carbonyl (C=O) groups excluding carboxylic acids is 2. The highest BCUT2D eigenvalue weighted by atomic mass is 35.5. The van der Waals surface area contributed by atoms with Gasteiger partial charge in [0.05, 0.1) is 0 Å². The predicted molar refractivity (Wildman–Crippen MR) is 103 cm³/mol. The standard InChI is InChI=1S/C17H24ClNO2S2/c1-5-19(6-2)17(21)23-13(4)10-12(3)22-16(20)14-8-7-9-15(18)11-14/h7-9,11-13H,5-6,10H2,1-4H3. The molecule has 0 aliphatic carbocycles. The van der Waals surface area contributed by atoms with Crippen LogP contribution in [0.1, 0.15) is 44.5 Å². The quantitative estimate of drug-likeness (QED) is 0.625. The molecule has 0 N–H and O–H groups in total. The van der Waals surface area contributed by atoms with Crippen molar-refractivity contribution >= 4 is 45.5 Å². The topological polar surface area (TPSA) is 37.4 Å². The summed E-state index contributed by atoms with van der Waals surface area (Å²) in [5.41, 5.74) is 0.619. The summed E-state index contributed by atoms with van der Waals surface area (Å²) in [5, 5.41) is 1.03. The third-order valence-electron chi connectivity index (χ3n) is 3.36. The first-order valence-corrected chi connectivity index (χ1v) is 9.93. The SMILES string of the molecule is CCN(CC)C(=O)SC(C)CC(C)SC(=O)c1cccc(Cl)c1. The number of nitrogens with zero attached hydrogens (tertiary/aromatic N) is 1. The number of rotatable bonds is 7. The van der Waals surface area contributed by atoms with Crippen LogP contribution in [0.25, 0.3) is 0 Å². The molecule has 3 nitrogen and oxygen atoms in total. The second-order valence-electron chi connectivity index (χ2n) is 5.33. The van der Waals surface area contributed by atoms with E-state index in [0.717, 1.165) is 19.5 Å². The minimum absolute atomic E-state index is 0.0206. The largest absolute Gasteiger partial charge is 0.334 e. The average molecular weight is 374 g/mol. The average Bonchev–Trinajstić information content (AvgIpc) is 2.47. The van der Waals surface area contributed by atoms with E-state index in [1.165, 1.54) is 23.5 Å². The maximum atomic E-state index is 12.2. The number of halogens is 1. The molecule has 1 aromatic rings. The Kier molecular flexibility index (Phi) is 9.10. The Hall–Kier alpha value is -0.650. The van der Waals surface area contributed by atoms with Crippen LogP contribution in [0.4, 0.5) is 4.79 Å². The number of amides is 1. The number of carbonyl (C=O) groups is 2. The third kappa shape index (κ3) is 7.19. The lowest BCUT2D eigenvalue weighted by molar-refractivity contribution is 0.108. The lowest BCUT2D eigenvalue weighted by Gasteiger charge is -2.21. The van der Waals surface area contributed by atoms with Crippen LogP contribution in [-0.4, -0.2) is 38.8 Å². The summed E-state index contributed by atoms with van der Waals surface area (Å²) in [6, 6.07) is 6.99. The Bertz CT molecular complexity index is 535. The fourth-order valence-corrected chi connectivity index (χ4v) is 4.62. The van der Waals surface area contributed by atoms with Gasteiger partial charge in [-0.15, -0.1) is 0 Å². The molecule has 0 aliphatic rings. The Balaban J connectivity index is 2.48. The second kappa shape index (κ2) is 10.3. The molecule has 0 aromatic heterocycles. The van der Waals surface area contributed by atoms with E-state index < -0.39 is 0 Å². The number of thioether (sulfide) groups is 2. The lowest BCUT2D eigenvalue weighted by atomic mass is 10.2. The molecule has 23 heavy (non-hydrogen) atoms. The van der Waals surface area contributed by atoms with E-state index in [4.69, 9.17) is 11.6 Å². The van der Waals surface area contributed by atoms with Crippen molar-refractivity contribution in [2.24, 2.45) is 0 Å². The normalized spacial score (nSPS) is 13.4. The van der Waals surface area contributed by atoms with E-state index in [-0.39, 0.29) is 20.9 Å². The first-order chi connectivity index (χ1) is 10.9. The minimum atomic E-state index is 0.0206. The molecule has 0 radical (unpaired) electrons. The summed E-state index contributed by atoms with van der Waals surface area (Å²) in [7, 11) is 0. The van der Waals surface area contributed by atoms with Crippen LogP contribution in [0.15, 0.2) is 24.3 Å². The fraction of sp³-hybridized carbons (Fsp3) is 0.529.